The van der Waals surface area contributed by atoms with E-state index >= 15 is 0 Å². The highest BCUT2D eigenvalue weighted by Gasteiger charge is 2.40. The molecule has 5 rings (SSSR count). The van der Waals surface area contributed by atoms with Crippen LogP contribution in [0.25, 0.3) is 11.2 Å². The van der Waals surface area contributed by atoms with E-state index in [1.807, 2.05) is 12.1 Å². The molecule has 2 aliphatic carbocycles. The van der Waals surface area contributed by atoms with Crippen molar-refractivity contribution in [2.24, 2.45) is 0 Å². The molecule has 0 radical (unpaired) electrons. The van der Waals surface area contributed by atoms with Gasteiger partial charge >= 0.3 is 0 Å². The number of halogens is 1. The van der Waals surface area contributed by atoms with Gasteiger partial charge in [-0.05, 0) is 43.4 Å². The number of aliphatic hydroxyl groups is 2. The second-order valence-corrected chi connectivity index (χ2v) is 9.67. The van der Waals surface area contributed by atoms with Gasteiger partial charge in [0.2, 0.25) is 0 Å². The Hall–Kier alpha value is -2.30. The molecule has 2 unspecified atom stereocenters. The maximum atomic E-state index is 13.3. The average Bonchev–Trinajstić information content (AvgIpc) is 3.29. The minimum atomic E-state index is -0.895. The van der Waals surface area contributed by atoms with Crippen molar-refractivity contribution in [3.8, 4) is 0 Å². The largest absolute Gasteiger partial charge is 0.390 e. The van der Waals surface area contributed by atoms with Crippen molar-refractivity contribution in [1.82, 2.24) is 25.0 Å². The maximum Gasteiger partial charge on any atom is 0.191 e. The summed E-state index contributed by atoms with van der Waals surface area (Å²) in [5, 5.41) is 33.1. The van der Waals surface area contributed by atoms with Crippen LogP contribution in [0.1, 0.15) is 56.6 Å². The second-order valence-electron chi connectivity index (χ2n) is 8.61. The van der Waals surface area contributed by atoms with Gasteiger partial charge in [-0.3, -0.25) is 0 Å². The summed E-state index contributed by atoms with van der Waals surface area (Å²) in [7, 11) is 0. The van der Waals surface area contributed by atoms with E-state index in [1.54, 1.807) is 16.4 Å². The van der Waals surface area contributed by atoms with Crippen LogP contribution in [0, 0.1) is 5.82 Å². The summed E-state index contributed by atoms with van der Waals surface area (Å²) < 4.78 is 14.9. The fraction of sp³-hybridized carbons (Fsp3) is 0.545. The van der Waals surface area contributed by atoms with Crippen molar-refractivity contribution in [2.75, 3.05) is 11.1 Å². The van der Waals surface area contributed by atoms with E-state index in [1.165, 1.54) is 12.1 Å². The first-order chi connectivity index (χ1) is 15.5. The molecule has 8 nitrogen and oxygen atoms in total. The van der Waals surface area contributed by atoms with Crippen LogP contribution in [-0.4, -0.2) is 59.2 Å². The summed E-state index contributed by atoms with van der Waals surface area (Å²) in [6.45, 7) is 2.14. The number of rotatable bonds is 8. The summed E-state index contributed by atoms with van der Waals surface area (Å²) >= 11 is 1.59. The number of nitrogens with one attached hydrogen (secondary N) is 1. The molecule has 170 valence electrons. The lowest BCUT2D eigenvalue weighted by Crippen LogP contribution is -2.28. The molecule has 2 saturated carbocycles. The Morgan fingerprint density at radius 3 is 2.72 bits per heavy atom. The molecule has 32 heavy (non-hydrogen) atoms. The number of hydrogen-bond donors (Lipinski definition) is 3. The maximum absolute atomic E-state index is 13.3. The van der Waals surface area contributed by atoms with E-state index in [0.717, 1.165) is 30.6 Å². The number of nitrogens with zero attached hydrogens (tertiary/aromatic N) is 5. The summed E-state index contributed by atoms with van der Waals surface area (Å²) in [6, 6.07) is 6.44. The predicted molar refractivity (Wildman–Crippen MR) is 120 cm³/mol. The predicted octanol–water partition coefficient (Wildman–Crippen LogP) is 3.28. The van der Waals surface area contributed by atoms with Gasteiger partial charge < -0.3 is 15.5 Å². The molecule has 10 heteroatoms. The lowest BCUT2D eigenvalue weighted by atomic mass is 10.1. The fourth-order valence-electron chi connectivity index (χ4n) is 4.32. The Balaban J connectivity index is 1.44. The summed E-state index contributed by atoms with van der Waals surface area (Å²) in [5.74, 6) is 1.60. The number of hydrogen-bond acceptors (Lipinski definition) is 8. The summed E-state index contributed by atoms with van der Waals surface area (Å²) in [4.78, 5) is 9.42. The number of aromatic nitrogens is 5. The number of fused-ring (bicyclic) bond motifs is 1. The highest BCUT2D eigenvalue weighted by Crippen LogP contribution is 2.43. The van der Waals surface area contributed by atoms with Crippen LogP contribution >= 0.6 is 11.8 Å². The van der Waals surface area contributed by atoms with Crippen LogP contribution in [0.3, 0.4) is 0 Å². The van der Waals surface area contributed by atoms with Gasteiger partial charge in [-0.1, -0.05) is 42.5 Å². The third kappa shape index (κ3) is 4.18. The standard InChI is InChI=1S/C22H27FN6O2S/c1-2-3-10-32-22-25-20(24-15-11-14(15)12-4-6-13(23)7-5-12)18-21(26-22)29(28-27-18)16-8-9-17(30)19(16)31/h4-7,14-17,19,30-31H,2-3,8-11H2,1H3,(H,24,25,26)/t14?,15?,16-,17-,19+/m1/s1. The molecule has 2 aromatic heterocycles. The number of aliphatic hydroxyl groups excluding tert-OH is 2. The van der Waals surface area contributed by atoms with E-state index in [-0.39, 0.29) is 17.9 Å². The van der Waals surface area contributed by atoms with E-state index < -0.39 is 12.2 Å². The number of unbranched alkanes of at least 4 members (excludes halogenated alkanes) is 1. The Labute approximate surface area is 189 Å². The van der Waals surface area contributed by atoms with E-state index in [4.69, 9.17) is 9.97 Å². The first kappa shape index (κ1) is 21.5. The minimum Gasteiger partial charge on any atom is -0.390 e. The Morgan fingerprint density at radius 1 is 1.19 bits per heavy atom. The summed E-state index contributed by atoms with van der Waals surface area (Å²) in [5.41, 5.74) is 2.22. The van der Waals surface area contributed by atoms with Gasteiger partial charge in [-0.15, -0.1) is 5.10 Å². The quantitative estimate of drug-likeness (QED) is 0.268. The number of benzene rings is 1. The molecule has 0 saturated heterocycles. The molecular weight excluding hydrogens is 431 g/mol. The normalized spacial score (nSPS) is 27.2. The van der Waals surface area contributed by atoms with Crippen LogP contribution < -0.4 is 5.32 Å². The molecule has 0 amide bonds. The molecule has 5 atom stereocenters. The highest BCUT2D eigenvalue weighted by atomic mass is 32.2. The Kier molecular flexibility index (Phi) is 6.00. The molecule has 3 N–H and O–H groups in total. The second kappa shape index (κ2) is 8.92. The van der Waals surface area contributed by atoms with Crippen molar-refractivity contribution in [3.05, 3.63) is 35.6 Å². The van der Waals surface area contributed by atoms with Crippen molar-refractivity contribution in [3.63, 3.8) is 0 Å². The van der Waals surface area contributed by atoms with Gasteiger partial charge in [0, 0.05) is 17.7 Å². The lowest BCUT2D eigenvalue weighted by molar-refractivity contribution is 0.0215. The highest BCUT2D eigenvalue weighted by molar-refractivity contribution is 7.99. The Bertz CT molecular complexity index is 1090. The SMILES string of the molecule is CCCCSc1nc(NC2CC2c2ccc(F)cc2)c2nnn([C@@H]3CC[C@@H](O)[C@H]3O)c2n1. The molecule has 1 aromatic carbocycles. The third-order valence-corrected chi connectivity index (χ3v) is 7.24. The zero-order valence-corrected chi connectivity index (χ0v) is 18.7. The van der Waals surface area contributed by atoms with Crippen molar-refractivity contribution >= 4 is 28.7 Å². The summed E-state index contributed by atoms with van der Waals surface area (Å²) in [6.07, 6.45) is 2.55. The minimum absolute atomic E-state index is 0.177. The first-order valence-electron chi connectivity index (χ1n) is 11.2. The average molecular weight is 459 g/mol. The van der Waals surface area contributed by atoms with Gasteiger partial charge in [0.25, 0.3) is 0 Å². The first-order valence-corrected chi connectivity index (χ1v) is 12.2. The topological polar surface area (TPSA) is 109 Å². The zero-order chi connectivity index (χ0) is 22.2. The number of anilines is 1. The van der Waals surface area contributed by atoms with Gasteiger partial charge in [0.1, 0.15) is 11.9 Å². The van der Waals surface area contributed by atoms with Crippen molar-refractivity contribution in [1.29, 1.82) is 0 Å². The van der Waals surface area contributed by atoms with Gasteiger partial charge in [0.05, 0.1) is 12.1 Å². The Morgan fingerprint density at radius 2 is 2.00 bits per heavy atom. The van der Waals surface area contributed by atoms with Gasteiger partial charge in [-0.25, -0.2) is 19.0 Å². The van der Waals surface area contributed by atoms with Crippen LogP contribution in [0.5, 0.6) is 0 Å². The van der Waals surface area contributed by atoms with Crippen molar-refractivity contribution < 1.29 is 14.6 Å². The third-order valence-electron chi connectivity index (χ3n) is 6.30. The number of thioether (sulfide) groups is 1. The van der Waals surface area contributed by atoms with E-state index in [9.17, 15) is 14.6 Å². The van der Waals surface area contributed by atoms with Crippen LogP contribution in [-0.2, 0) is 0 Å². The molecule has 3 aromatic rings. The molecule has 0 aliphatic heterocycles. The molecule has 2 fully saturated rings. The van der Waals surface area contributed by atoms with Crippen LogP contribution in [0.4, 0.5) is 10.2 Å². The van der Waals surface area contributed by atoms with E-state index in [2.05, 4.69) is 22.6 Å². The molecule has 2 heterocycles. The fourth-order valence-corrected chi connectivity index (χ4v) is 5.24. The van der Waals surface area contributed by atoms with E-state index in [0.29, 0.717) is 40.9 Å². The lowest BCUT2D eigenvalue weighted by Gasteiger charge is -2.16. The molecule has 0 bridgehead atoms. The smallest absolute Gasteiger partial charge is 0.191 e. The molecule has 2 aliphatic rings. The molecule has 0 spiro atoms. The van der Waals surface area contributed by atoms with Crippen molar-refractivity contribution in [2.45, 2.75) is 74.4 Å². The monoisotopic (exact) mass is 458 g/mol. The van der Waals surface area contributed by atoms with Crippen LogP contribution in [0.15, 0.2) is 29.4 Å². The van der Waals surface area contributed by atoms with Crippen LogP contribution in [0.2, 0.25) is 0 Å². The van der Waals surface area contributed by atoms with Gasteiger partial charge in [0.15, 0.2) is 22.1 Å². The zero-order valence-electron chi connectivity index (χ0n) is 17.9. The van der Waals surface area contributed by atoms with Gasteiger partial charge in [-0.2, -0.15) is 0 Å². The molecular formula is C22H27FN6O2S.